The van der Waals surface area contributed by atoms with Gasteiger partial charge in [0.15, 0.2) is 5.79 Å². The fourth-order valence-electron chi connectivity index (χ4n) is 3.30. The number of hydrogen-bond acceptors (Lipinski definition) is 3. The monoisotopic (exact) mass is 269 g/mol. The number of rotatable bonds is 4. The van der Waals surface area contributed by atoms with E-state index in [1.165, 1.54) is 0 Å². The Bertz CT molecular complexity index is 303. The molecule has 1 saturated heterocycles. The van der Waals surface area contributed by atoms with Crippen LogP contribution in [0.25, 0.3) is 0 Å². The third-order valence-electron chi connectivity index (χ3n) is 4.57. The van der Waals surface area contributed by atoms with E-state index in [1.807, 2.05) is 18.9 Å². The average molecular weight is 269 g/mol. The summed E-state index contributed by atoms with van der Waals surface area (Å²) in [5.41, 5.74) is 0. The molecule has 110 valence electrons. The molecule has 1 heterocycles. The quantitative estimate of drug-likeness (QED) is 0.787. The highest BCUT2D eigenvalue weighted by Gasteiger charge is 2.41. The summed E-state index contributed by atoms with van der Waals surface area (Å²) in [6.07, 6.45) is 5.85. The summed E-state index contributed by atoms with van der Waals surface area (Å²) in [6, 6.07) is 0.352. The Morgan fingerprint density at radius 3 is 2.42 bits per heavy atom. The minimum atomic E-state index is -0.324. The predicted molar refractivity (Wildman–Crippen MR) is 73.7 cm³/mol. The van der Waals surface area contributed by atoms with Gasteiger partial charge in [-0.2, -0.15) is 0 Å². The van der Waals surface area contributed by atoms with Gasteiger partial charge in [-0.15, -0.1) is 0 Å². The lowest BCUT2D eigenvalue weighted by Gasteiger charge is -2.39. The number of amides is 1. The molecule has 1 unspecified atom stereocenters. The van der Waals surface area contributed by atoms with Gasteiger partial charge in [0.2, 0.25) is 5.91 Å². The Labute approximate surface area is 116 Å². The van der Waals surface area contributed by atoms with Crippen molar-refractivity contribution in [2.45, 2.75) is 64.2 Å². The van der Waals surface area contributed by atoms with Crippen LogP contribution in [0.1, 0.15) is 52.4 Å². The van der Waals surface area contributed by atoms with Gasteiger partial charge in [-0.3, -0.25) is 4.79 Å². The number of ether oxygens (including phenoxy) is 2. The molecule has 4 nitrogen and oxygen atoms in total. The van der Waals surface area contributed by atoms with Gasteiger partial charge >= 0.3 is 0 Å². The van der Waals surface area contributed by atoms with Gasteiger partial charge in [-0.25, -0.2) is 0 Å². The highest BCUT2D eigenvalue weighted by molar-refractivity contribution is 5.78. The topological polar surface area (TPSA) is 38.8 Å². The number of carbonyl (C=O) groups excluding carboxylic acids is 1. The summed E-state index contributed by atoms with van der Waals surface area (Å²) in [5, 5.41) is 0. The fraction of sp³-hybridized carbons (Fsp3) is 0.933. The summed E-state index contributed by atoms with van der Waals surface area (Å²) >= 11 is 0. The Balaban J connectivity index is 1.84. The van der Waals surface area contributed by atoms with Gasteiger partial charge in [-0.05, 0) is 19.3 Å². The highest BCUT2D eigenvalue weighted by atomic mass is 16.7. The molecule has 1 aliphatic carbocycles. The maximum absolute atomic E-state index is 12.3. The fourth-order valence-corrected chi connectivity index (χ4v) is 3.30. The summed E-state index contributed by atoms with van der Waals surface area (Å²) in [5.74, 6) is 0.107. The van der Waals surface area contributed by atoms with Crippen LogP contribution >= 0.6 is 0 Å². The molecule has 0 aromatic rings. The molecule has 1 spiro atoms. The van der Waals surface area contributed by atoms with Crippen LogP contribution in [0.15, 0.2) is 0 Å². The molecule has 1 aliphatic heterocycles. The third kappa shape index (κ3) is 3.29. The van der Waals surface area contributed by atoms with Crippen LogP contribution in [0, 0.1) is 5.92 Å². The maximum Gasteiger partial charge on any atom is 0.225 e. The van der Waals surface area contributed by atoms with E-state index in [2.05, 4.69) is 6.92 Å². The van der Waals surface area contributed by atoms with Crippen molar-refractivity contribution in [3.05, 3.63) is 0 Å². The van der Waals surface area contributed by atoms with Crippen LogP contribution in [0.4, 0.5) is 0 Å². The molecular weight excluding hydrogens is 242 g/mol. The molecule has 0 radical (unpaired) electrons. The molecule has 0 aromatic carbocycles. The van der Waals surface area contributed by atoms with Crippen molar-refractivity contribution in [1.82, 2.24) is 4.90 Å². The lowest BCUT2D eigenvalue weighted by Crippen LogP contribution is -2.46. The van der Waals surface area contributed by atoms with E-state index in [0.717, 1.165) is 38.5 Å². The molecular formula is C15H27NO3. The second-order valence-corrected chi connectivity index (χ2v) is 5.98. The predicted octanol–water partition coefficient (Wildman–Crippen LogP) is 2.57. The first-order chi connectivity index (χ1) is 9.08. The molecule has 1 saturated carbocycles. The van der Waals surface area contributed by atoms with E-state index in [0.29, 0.717) is 19.3 Å². The second kappa shape index (κ2) is 6.23. The first kappa shape index (κ1) is 14.8. The van der Waals surface area contributed by atoms with Gasteiger partial charge in [0.05, 0.1) is 13.2 Å². The van der Waals surface area contributed by atoms with Gasteiger partial charge in [0, 0.05) is 31.8 Å². The van der Waals surface area contributed by atoms with E-state index in [1.54, 1.807) is 0 Å². The van der Waals surface area contributed by atoms with Crippen molar-refractivity contribution in [2.24, 2.45) is 5.92 Å². The van der Waals surface area contributed by atoms with E-state index in [4.69, 9.17) is 9.47 Å². The maximum atomic E-state index is 12.3. The highest BCUT2D eigenvalue weighted by Crippen LogP contribution is 2.37. The summed E-state index contributed by atoms with van der Waals surface area (Å²) in [4.78, 5) is 14.3. The lowest BCUT2D eigenvalue weighted by molar-refractivity contribution is -0.185. The second-order valence-electron chi connectivity index (χ2n) is 5.98. The van der Waals surface area contributed by atoms with Crippen LogP contribution < -0.4 is 0 Å². The molecule has 0 bridgehead atoms. The Morgan fingerprint density at radius 2 is 1.89 bits per heavy atom. The van der Waals surface area contributed by atoms with Crippen LogP contribution in [0.3, 0.4) is 0 Å². The lowest BCUT2D eigenvalue weighted by atomic mass is 9.88. The number of hydrogen-bond donors (Lipinski definition) is 0. The zero-order valence-corrected chi connectivity index (χ0v) is 12.5. The molecule has 0 N–H and O–H groups in total. The van der Waals surface area contributed by atoms with Crippen LogP contribution in [-0.2, 0) is 14.3 Å². The van der Waals surface area contributed by atoms with Gasteiger partial charge < -0.3 is 14.4 Å². The standard InChI is InChI=1S/C15H27NO3/c1-4-5-12(2)14(17)16(3)13-6-8-15(9-7-13)18-10-11-19-15/h12-13H,4-11H2,1-3H3. The summed E-state index contributed by atoms with van der Waals surface area (Å²) in [7, 11) is 1.95. The van der Waals surface area contributed by atoms with Crippen molar-refractivity contribution in [3.63, 3.8) is 0 Å². The van der Waals surface area contributed by atoms with Gasteiger partial charge in [-0.1, -0.05) is 20.3 Å². The molecule has 2 rings (SSSR count). The number of carbonyl (C=O) groups is 1. The van der Waals surface area contributed by atoms with Crippen LogP contribution in [0.2, 0.25) is 0 Å². The largest absolute Gasteiger partial charge is 0.348 e. The summed E-state index contributed by atoms with van der Waals surface area (Å²) < 4.78 is 11.5. The van der Waals surface area contributed by atoms with E-state index < -0.39 is 0 Å². The molecule has 0 aromatic heterocycles. The molecule has 19 heavy (non-hydrogen) atoms. The first-order valence-electron chi connectivity index (χ1n) is 7.62. The molecule has 2 fully saturated rings. The smallest absolute Gasteiger partial charge is 0.225 e. The van der Waals surface area contributed by atoms with Crippen LogP contribution in [-0.4, -0.2) is 42.9 Å². The van der Waals surface area contributed by atoms with Crippen molar-refractivity contribution in [1.29, 1.82) is 0 Å². The minimum absolute atomic E-state index is 0.143. The SMILES string of the molecule is CCCC(C)C(=O)N(C)C1CCC2(CC1)OCCO2. The zero-order valence-electron chi connectivity index (χ0n) is 12.5. The molecule has 1 atom stereocenters. The first-order valence-corrected chi connectivity index (χ1v) is 7.62. The Morgan fingerprint density at radius 1 is 1.32 bits per heavy atom. The molecule has 2 aliphatic rings. The van der Waals surface area contributed by atoms with E-state index in [9.17, 15) is 4.79 Å². The Hall–Kier alpha value is -0.610. The zero-order chi connectivity index (χ0) is 13.9. The Kier molecular flexibility index (Phi) is 4.85. The minimum Gasteiger partial charge on any atom is -0.348 e. The summed E-state index contributed by atoms with van der Waals surface area (Å²) in [6.45, 7) is 5.60. The third-order valence-corrected chi connectivity index (χ3v) is 4.57. The normalized spacial score (nSPS) is 24.6. The number of nitrogens with zero attached hydrogens (tertiary/aromatic N) is 1. The van der Waals surface area contributed by atoms with Crippen molar-refractivity contribution in [2.75, 3.05) is 20.3 Å². The van der Waals surface area contributed by atoms with Crippen LogP contribution in [0.5, 0.6) is 0 Å². The van der Waals surface area contributed by atoms with Crippen molar-refractivity contribution in [3.8, 4) is 0 Å². The van der Waals surface area contributed by atoms with Crippen molar-refractivity contribution >= 4 is 5.91 Å². The van der Waals surface area contributed by atoms with E-state index in [-0.39, 0.29) is 17.6 Å². The van der Waals surface area contributed by atoms with Crippen molar-refractivity contribution < 1.29 is 14.3 Å². The molecule has 1 amide bonds. The van der Waals surface area contributed by atoms with Gasteiger partial charge in [0.25, 0.3) is 0 Å². The van der Waals surface area contributed by atoms with Gasteiger partial charge in [0.1, 0.15) is 0 Å². The molecule has 4 heteroatoms. The average Bonchev–Trinajstić information content (AvgIpc) is 2.86. The van der Waals surface area contributed by atoms with E-state index >= 15 is 0 Å².